The Morgan fingerprint density at radius 2 is 1.89 bits per heavy atom. The van der Waals surface area contributed by atoms with Crippen LogP contribution in [0.15, 0.2) is 11.3 Å². The van der Waals surface area contributed by atoms with Gasteiger partial charge in [0.2, 0.25) is 0 Å². The highest BCUT2D eigenvalue weighted by atomic mass is 16.3. The first-order chi connectivity index (χ1) is 8.73. The fourth-order valence-corrected chi connectivity index (χ4v) is 2.10. The summed E-state index contributed by atoms with van der Waals surface area (Å²) in [7, 11) is 0. The van der Waals surface area contributed by atoms with E-state index >= 15 is 0 Å². The fourth-order valence-electron chi connectivity index (χ4n) is 2.10. The fraction of sp³-hybridized carbons (Fsp3) is 0.692. The number of amides is 1. The molecule has 1 aliphatic heterocycles. The molecule has 0 aromatic rings. The van der Waals surface area contributed by atoms with Gasteiger partial charge in [-0.1, -0.05) is 13.8 Å². The van der Waals surface area contributed by atoms with E-state index in [-0.39, 0.29) is 30.1 Å². The molecule has 0 fully saturated rings. The van der Waals surface area contributed by atoms with Crippen LogP contribution in [0.3, 0.4) is 0 Å². The summed E-state index contributed by atoms with van der Waals surface area (Å²) in [5.74, 6) is -1.50. The molecule has 0 aromatic carbocycles. The smallest absolute Gasteiger partial charge is 0.259 e. The molecule has 0 aliphatic carbocycles. The van der Waals surface area contributed by atoms with Gasteiger partial charge in [-0.05, 0) is 19.3 Å². The van der Waals surface area contributed by atoms with Crippen molar-refractivity contribution in [2.45, 2.75) is 51.9 Å². The summed E-state index contributed by atoms with van der Waals surface area (Å²) in [6.45, 7) is 5.13. The van der Waals surface area contributed by atoms with Crippen LogP contribution < -0.4 is 5.32 Å². The highest BCUT2D eigenvalue weighted by Crippen LogP contribution is 2.23. The third-order valence-corrected chi connectivity index (χ3v) is 3.04. The Balaban J connectivity index is 2.78. The molecule has 19 heavy (non-hydrogen) atoms. The van der Waals surface area contributed by atoms with E-state index in [1.54, 1.807) is 0 Å². The van der Waals surface area contributed by atoms with E-state index in [4.69, 9.17) is 5.11 Å². The third-order valence-electron chi connectivity index (χ3n) is 3.04. The summed E-state index contributed by atoms with van der Waals surface area (Å²) < 4.78 is 0. The Bertz CT molecular complexity index is 400. The van der Waals surface area contributed by atoms with Crippen LogP contribution in [-0.4, -0.2) is 45.3 Å². The molecule has 0 saturated heterocycles. The topological polar surface area (TPSA) is 107 Å². The molecule has 0 aromatic heterocycles. The van der Waals surface area contributed by atoms with E-state index in [0.717, 1.165) is 0 Å². The van der Waals surface area contributed by atoms with Crippen molar-refractivity contribution in [2.75, 3.05) is 0 Å². The SMILES string of the molecule is CC(O)CC(O)CC(=O)C1=C(O)[C@@H](C(C)C)NC1=O. The Labute approximate surface area is 112 Å². The predicted octanol–water partition coefficient (Wildman–Crippen LogP) is 0.0439. The quantitative estimate of drug-likeness (QED) is 0.510. The summed E-state index contributed by atoms with van der Waals surface area (Å²) in [4.78, 5) is 23.6. The molecule has 4 N–H and O–H groups in total. The van der Waals surface area contributed by atoms with E-state index < -0.39 is 29.9 Å². The lowest BCUT2D eigenvalue weighted by molar-refractivity contribution is -0.123. The van der Waals surface area contributed by atoms with Gasteiger partial charge in [-0.15, -0.1) is 0 Å². The maximum absolute atomic E-state index is 11.9. The van der Waals surface area contributed by atoms with Crippen LogP contribution in [-0.2, 0) is 9.59 Å². The number of hydrogen-bond donors (Lipinski definition) is 4. The number of hydrogen-bond acceptors (Lipinski definition) is 5. The number of aliphatic hydroxyl groups is 3. The molecule has 2 unspecified atom stereocenters. The van der Waals surface area contributed by atoms with Gasteiger partial charge in [0.05, 0.1) is 18.2 Å². The van der Waals surface area contributed by atoms with Crippen LogP contribution in [0.5, 0.6) is 0 Å². The van der Waals surface area contributed by atoms with Crippen LogP contribution in [0.1, 0.15) is 33.6 Å². The second kappa shape index (κ2) is 6.16. The van der Waals surface area contributed by atoms with Crippen molar-refractivity contribution in [3.05, 3.63) is 11.3 Å². The van der Waals surface area contributed by atoms with E-state index in [1.165, 1.54) is 6.92 Å². The van der Waals surface area contributed by atoms with Crippen LogP contribution in [0, 0.1) is 5.92 Å². The second-order valence-corrected chi connectivity index (χ2v) is 5.32. The molecule has 0 saturated carbocycles. The largest absolute Gasteiger partial charge is 0.509 e. The minimum atomic E-state index is -1.03. The maximum Gasteiger partial charge on any atom is 0.259 e. The molecule has 6 nitrogen and oxygen atoms in total. The Morgan fingerprint density at radius 1 is 1.32 bits per heavy atom. The molecule has 1 heterocycles. The first-order valence-corrected chi connectivity index (χ1v) is 6.37. The summed E-state index contributed by atoms with van der Waals surface area (Å²) in [5, 5.41) is 31.1. The van der Waals surface area contributed by atoms with Gasteiger partial charge in [-0.25, -0.2) is 0 Å². The lowest BCUT2D eigenvalue weighted by atomic mass is 9.98. The summed E-state index contributed by atoms with van der Waals surface area (Å²) in [6, 6.07) is -0.555. The average Bonchev–Trinajstić information content (AvgIpc) is 2.52. The number of ketones is 1. The Kier molecular flexibility index (Phi) is 5.08. The van der Waals surface area contributed by atoms with Gasteiger partial charge >= 0.3 is 0 Å². The number of rotatable bonds is 6. The van der Waals surface area contributed by atoms with Crippen molar-refractivity contribution < 1.29 is 24.9 Å². The Hall–Kier alpha value is -1.40. The van der Waals surface area contributed by atoms with Crippen molar-refractivity contribution in [1.82, 2.24) is 5.32 Å². The van der Waals surface area contributed by atoms with E-state index in [9.17, 15) is 19.8 Å². The molecular formula is C13H21NO5. The van der Waals surface area contributed by atoms with Crippen molar-refractivity contribution >= 4 is 11.7 Å². The molecule has 1 amide bonds. The average molecular weight is 271 g/mol. The number of carbonyl (C=O) groups is 2. The molecule has 0 radical (unpaired) electrons. The zero-order valence-corrected chi connectivity index (χ0v) is 11.4. The van der Waals surface area contributed by atoms with Crippen molar-refractivity contribution in [1.29, 1.82) is 0 Å². The molecule has 0 spiro atoms. The molecule has 3 atom stereocenters. The van der Waals surface area contributed by atoms with Gasteiger partial charge in [0.15, 0.2) is 5.78 Å². The van der Waals surface area contributed by atoms with Crippen LogP contribution in [0.25, 0.3) is 0 Å². The number of Topliss-reactive ketones (excluding diaryl/α,β-unsaturated/α-hetero) is 1. The first-order valence-electron chi connectivity index (χ1n) is 6.37. The molecular weight excluding hydrogens is 250 g/mol. The number of carbonyl (C=O) groups excluding carboxylic acids is 2. The zero-order valence-electron chi connectivity index (χ0n) is 11.4. The molecule has 1 rings (SSSR count). The Morgan fingerprint density at radius 3 is 2.32 bits per heavy atom. The molecule has 0 bridgehead atoms. The van der Waals surface area contributed by atoms with Crippen LogP contribution >= 0.6 is 0 Å². The molecule has 1 aliphatic rings. The van der Waals surface area contributed by atoms with Crippen molar-refractivity contribution in [2.24, 2.45) is 5.92 Å². The lowest BCUT2D eigenvalue weighted by Crippen LogP contribution is -2.33. The van der Waals surface area contributed by atoms with Gasteiger partial charge < -0.3 is 20.6 Å². The highest BCUT2D eigenvalue weighted by Gasteiger charge is 2.37. The van der Waals surface area contributed by atoms with Gasteiger partial charge in [0.25, 0.3) is 5.91 Å². The normalized spacial score (nSPS) is 22.6. The van der Waals surface area contributed by atoms with Gasteiger partial charge in [-0.3, -0.25) is 9.59 Å². The van der Waals surface area contributed by atoms with E-state index in [0.29, 0.717) is 0 Å². The van der Waals surface area contributed by atoms with Crippen LogP contribution in [0.4, 0.5) is 0 Å². The molecule has 6 heteroatoms. The second-order valence-electron chi connectivity index (χ2n) is 5.32. The van der Waals surface area contributed by atoms with E-state index in [2.05, 4.69) is 5.32 Å². The summed E-state index contributed by atoms with van der Waals surface area (Å²) >= 11 is 0. The summed E-state index contributed by atoms with van der Waals surface area (Å²) in [5.41, 5.74) is -0.275. The maximum atomic E-state index is 11.9. The van der Waals surface area contributed by atoms with E-state index in [1.807, 2.05) is 13.8 Å². The van der Waals surface area contributed by atoms with Crippen LogP contribution in [0.2, 0.25) is 0 Å². The highest BCUT2D eigenvalue weighted by molar-refractivity contribution is 6.21. The lowest BCUT2D eigenvalue weighted by Gasteiger charge is -2.14. The number of aliphatic hydroxyl groups excluding tert-OH is 3. The molecule has 108 valence electrons. The third kappa shape index (κ3) is 3.78. The minimum absolute atomic E-state index is 0.0309. The van der Waals surface area contributed by atoms with Gasteiger partial charge in [-0.2, -0.15) is 0 Å². The van der Waals surface area contributed by atoms with Crippen molar-refractivity contribution in [3.8, 4) is 0 Å². The summed E-state index contributed by atoms with van der Waals surface area (Å²) in [6.07, 6.45) is -2.00. The first kappa shape index (κ1) is 15.7. The standard InChI is InChI=1S/C13H21NO5/c1-6(2)11-12(18)10(13(19)14-11)9(17)5-8(16)4-7(3)15/h6-8,11,15-16,18H,4-5H2,1-3H3,(H,14,19)/t7?,8?,11-/m1/s1. The monoisotopic (exact) mass is 271 g/mol. The zero-order chi connectivity index (χ0) is 14.7. The van der Waals surface area contributed by atoms with Gasteiger partial charge in [0, 0.05) is 6.42 Å². The predicted molar refractivity (Wildman–Crippen MR) is 68.4 cm³/mol. The minimum Gasteiger partial charge on any atom is -0.509 e. The number of nitrogens with one attached hydrogen (secondary N) is 1. The van der Waals surface area contributed by atoms with Crippen molar-refractivity contribution in [3.63, 3.8) is 0 Å². The van der Waals surface area contributed by atoms with Gasteiger partial charge in [0.1, 0.15) is 11.3 Å².